The molecule has 0 aromatic heterocycles. The topological polar surface area (TPSA) is 20.2 Å². The molecular formula is C13H26O. The van der Waals surface area contributed by atoms with Gasteiger partial charge in [-0.25, -0.2) is 0 Å². The van der Waals surface area contributed by atoms with Crippen LogP contribution in [0.25, 0.3) is 0 Å². The minimum Gasteiger partial charge on any atom is -0.390 e. The molecule has 0 spiro atoms. The van der Waals surface area contributed by atoms with E-state index in [0.29, 0.717) is 11.3 Å². The molecule has 0 bridgehead atoms. The van der Waals surface area contributed by atoms with Crippen molar-refractivity contribution < 1.29 is 5.11 Å². The molecule has 0 heterocycles. The van der Waals surface area contributed by atoms with Crippen LogP contribution in [0, 0.1) is 11.3 Å². The van der Waals surface area contributed by atoms with Crippen molar-refractivity contribution in [3.63, 3.8) is 0 Å². The molecule has 1 saturated carbocycles. The van der Waals surface area contributed by atoms with Gasteiger partial charge in [0.2, 0.25) is 0 Å². The summed E-state index contributed by atoms with van der Waals surface area (Å²) in [4.78, 5) is 0. The lowest BCUT2D eigenvalue weighted by Crippen LogP contribution is -2.39. The smallest absolute Gasteiger partial charge is 0.0653 e. The van der Waals surface area contributed by atoms with Gasteiger partial charge in [0.15, 0.2) is 0 Å². The van der Waals surface area contributed by atoms with Gasteiger partial charge in [-0.2, -0.15) is 0 Å². The Labute approximate surface area is 88.9 Å². The highest BCUT2D eigenvalue weighted by atomic mass is 16.3. The molecule has 1 unspecified atom stereocenters. The van der Waals surface area contributed by atoms with Crippen LogP contribution in [-0.2, 0) is 0 Å². The summed E-state index contributed by atoms with van der Waals surface area (Å²) in [7, 11) is 0. The second kappa shape index (κ2) is 4.22. The van der Waals surface area contributed by atoms with Crippen LogP contribution in [0.4, 0.5) is 0 Å². The molecule has 1 fully saturated rings. The van der Waals surface area contributed by atoms with Crippen molar-refractivity contribution in [3.8, 4) is 0 Å². The molecule has 1 atom stereocenters. The zero-order valence-corrected chi connectivity index (χ0v) is 10.3. The maximum Gasteiger partial charge on any atom is 0.0653 e. The lowest BCUT2D eigenvalue weighted by atomic mass is 9.68. The largest absolute Gasteiger partial charge is 0.390 e. The van der Waals surface area contributed by atoms with Gasteiger partial charge in [0.25, 0.3) is 0 Å². The third-order valence-electron chi connectivity index (χ3n) is 3.49. The molecule has 1 N–H and O–H groups in total. The predicted molar refractivity (Wildman–Crippen MR) is 61.3 cm³/mol. The van der Waals surface area contributed by atoms with E-state index < -0.39 is 0 Å². The highest BCUT2D eigenvalue weighted by molar-refractivity contribution is 4.90. The molecule has 14 heavy (non-hydrogen) atoms. The Morgan fingerprint density at radius 3 is 2.36 bits per heavy atom. The first-order valence-electron chi connectivity index (χ1n) is 6.05. The predicted octanol–water partition coefficient (Wildman–Crippen LogP) is 3.75. The van der Waals surface area contributed by atoms with Crippen molar-refractivity contribution in [2.75, 3.05) is 0 Å². The van der Waals surface area contributed by atoms with Crippen molar-refractivity contribution >= 4 is 0 Å². The average molecular weight is 198 g/mol. The summed E-state index contributed by atoms with van der Waals surface area (Å²) in [6.07, 6.45) is 6.63. The van der Waals surface area contributed by atoms with Gasteiger partial charge in [0.05, 0.1) is 5.60 Å². The minimum absolute atomic E-state index is 0.351. The van der Waals surface area contributed by atoms with Gasteiger partial charge in [0.1, 0.15) is 0 Å². The van der Waals surface area contributed by atoms with E-state index >= 15 is 0 Å². The van der Waals surface area contributed by atoms with Gasteiger partial charge in [-0.3, -0.25) is 0 Å². The minimum atomic E-state index is -0.355. The third-order valence-corrected chi connectivity index (χ3v) is 3.49. The Balaban J connectivity index is 2.47. The molecule has 1 rings (SSSR count). The summed E-state index contributed by atoms with van der Waals surface area (Å²) >= 11 is 0. The fourth-order valence-electron chi connectivity index (χ4n) is 2.73. The highest BCUT2D eigenvalue weighted by Gasteiger charge is 2.37. The molecular weight excluding hydrogens is 172 g/mol. The van der Waals surface area contributed by atoms with Crippen LogP contribution in [0.15, 0.2) is 0 Å². The van der Waals surface area contributed by atoms with Crippen LogP contribution in [0.2, 0.25) is 0 Å². The van der Waals surface area contributed by atoms with Gasteiger partial charge in [-0.05, 0) is 43.4 Å². The average Bonchev–Trinajstić information content (AvgIpc) is 1.98. The Hall–Kier alpha value is -0.0400. The van der Waals surface area contributed by atoms with Crippen LogP contribution in [0.3, 0.4) is 0 Å². The SMILES string of the molecule is CC(C)CCC1(O)CCCC(C)(C)C1. The fraction of sp³-hybridized carbons (Fsp3) is 1.00. The number of hydrogen-bond donors (Lipinski definition) is 1. The van der Waals surface area contributed by atoms with Crippen LogP contribution < -0.4 is 0 Å². The normalized spacial score (nSPS) is 32.1. The molecule has 0 aromatic carbocycles. The van der Waals surface area contributed by atoms with Crippen molar-refractivity contribution in [2.45, 2.75) is 71.8 Å². The van der Waals surface area contributed by atoms with Crippen molar-refractivity contribution in [2.24, 2.45) is 11.3 Å². The first-order valence-corrected chi connectivity index (χ1v) is 6.05. The maximum absolute atomic E-state index is 10.5. The van der Waals surface area contributed by atoms with Crippen molar-refractivity contribution in [3.05, 3.63) is 0 Å². The number of hydrogen-bond acceptors (Lipinski definition) is 1. The van der Waals surface area contributed by atoms with E-state index in [1.165, 1.54) is 12.8 Å². The van der Waals surface area contributed by atoms with Gasteiger partial charge in [-0.15, -0.1) is 0 Å². The first kappa shape index (κ1) is 12.0. The fourth-order valence-corrected chi connectivity index (χ4v) is 2.73. The summed E-state index contributed by atoms with van der Waals surface area (Å²) < 4.78 is 0. The third kappa shape index (κ3) is 3.61. The second-order valence-corrected chi connectivity index (χ2v) is 6.35. The molecule has 0 aromatic rings. The van der Waals surface area contributed by atoms with Crippen molar-refractivity contribution in [1.29, 1.82) is 0 Å². The molecule has 1 aliphatic rings. The Bertz CT molecular complexity index is 184. The van der Waals surface area contributed by atoms with Crippen LogP contribution in [0.5, 0.6) is 0 Å². The summed E-state index contributed by atoms with van der Waals surface area (Å²) in [5.74, 6) is 0.712. The van der Waals surface area contributed by atoms with Gasteiger partial charge in [0, 0.05) is 0 Å². The first-order chi connectivity index (χ1) is 6.33. The Kier molecular flexibility index (Phi) is 3.63. The monoisotopic (exact) mass is 198 g/mol. The molecule has 1 nitrogen and oxygen atoms in total. The molecule has 1 heteroatoms. The van der Waals surface area contributed by atoms with E-state index in [4.69, 9.17) is 0 Å². The summed E-state index contributed by atoms with van der Waals surface area (Å²) in [6.45, 7) is 9.04. The molecule has 0 saturated heterocycles. The number of aliphatic hydroxyl groups is 1. The van der Waals surface area contributed by atoms with E-state index in [1.807, 2.05) is 0 Å². The summed E-state index contributed by atoms with van der Waals surface area (Å²) in [5.41, 5.74) is -0.00397. The zero-order chi connectivity index (χ0) is 10.8. The van der Waals surface area contributed by atoms with Gasteiger partial charge < -0.3 is 5.11 Å². The van der Waals surface area contributed by atoms with Gasteiger partial charge in [-0.1, -0.05) is 34.1 Å². The van der Waals surface area contributed by atoms with E-state index in [2.05, 4.69) is 27.7 Å². The van der Waals surface area contributed by atoms with Crippen molar-refractivity contribution in [1.82, 2.24) is 0 Å². The highest BCUT2D eigenvalue weighted by Crippen LogP contribution is 2.43. The molecule has 0 amide bonds. The summed E-state index contributed by atoms with van der Waals surface area (Å²) in [6, 6.07) is 0. The molecule has 0 radical (unpaired) electrons. The molecule has 1 aliphatic carbocycles. The second-order valence-electron chi connectivity index (χ2n) is 6.35. The maximum atomic E-state index is 10.5. The van der Waals surface area contributed by atoms with Gasteiger partial charge >= 0.3 is 0 Å². The lowest BCUT2D eigenvalue weighted by molar-refractivity contribution is -0.0481. The molecule has 0 aliphatic heterocycles. The lowest BCUT2D eigenvalue weighted by Gasteiger charge is -2.42. The van der Waals surface area contributed by atoms with E-state index in [9.17, 15) is 5.11 Å². The van der Waals surface area contributed by atoms with E-state index in [-0.39, 0.29) is 5.60 Å². The number of rotatable bonds is 3. The van der Waals surface area contributed by atoms with Crippen LogP contribution in [0.1, 0.15) is 66.2 Å². The standard InChI is InChI=1S/C13H26O/c1-11(2)6-9-13(14)8-5-7-12(3,4)10-13/h11,14H,5-10H2,1-4H3. The van der Waals surface area contributed by atoms with Crippen LogP contribution in [-0.4, -0.2) is 10.7 Å². The summed E-state index contributed by atoms with van der Waals surface area (Å²) in [5, 5.41) is 10.5. The molecule has 84 valence electrons. The Morgan fingerprint density at radius 2 is 1.86 bits per heavy atom. The quantitative estimate of drug-likeness (QED) is 0.732. The van der Waals surface area contributed by atoms with E-state index in [0.717, 1.165) is 25.7 Å². The Morgan fingerprint density at radius 1 is 1.21 bits per heavy atom. The zero-order valence-electron chi connectivity index (χ0n) is 10.3. The van der Waals surface area contributed by atoms with Crippen LogP contribution >= 0.6 is 0 Å². The van der Waals surface area contributed by atoms with E-state index in [1.54, 1.807) is 0 Å².